The zero-order valence-corrected chi connectivity index (χ0v) is 9.04. The number of hydrogen-bond acceptors (Lipinski definition) is 3. The molecule has 14 heavy (non-hydrogen) atoms. The van der Waals surface area contributed by atoms with Crippen molar-refractivity contribution in [2.24, 2.45) is 5.92 Å². The van der Waals surface area contributed by atoms with E-state index in [0.29, 0.717) is 12.5 Å². The highest BCUT2D eigenvalue weighted by atomic mass is 16.6. The van der Waals surface area contributed by atoms with Crippen molar-refractivity contribution in [3.8, 4) is 0 Å². The topological polar surface area (TPSA) is 58.6 Å². The van der Waals surface area contributed by atoms with E-state index in [0.717, 1.165) is 12.8 Å². The number of carbonyl (C=O) groups excluding carboxylic acids is 1. The predicted octanol–water partition coefficient (Wildman–Crippen LogP) is 1.28. The van der Waals surface area contributed by atoms with Gasteiger partial charge in [-0.15, -0.1) is 0 Å². The minimum atomic E-state index is -0.441. The van der Waals surface area contributed by atoms with Crippen LogP contribution in [-0.2, 0) is 4.74 Å². The van der Waals surface area contributed by atoms with Gasteiger partial charge in [-0.25, -0.2) is 4.79 Å². The quantitative estimate of drug-likeness (QED) is 0.707. The minimum absolute atomic E-state index is 0.166. The van der Waals surface area contributed by atoms with Crippen LogP contribution in [0.2, 0.25) is 0 Å². The molecule has 1 aliphatic rings. The SMILES string of the molecule is CC(C)(C)OC(=O)NC[C@H]1C[C@@H](O)C1. The molecule has 0 heterocycles. The molecule has 1 rings (SSSR count). The summed E-state index contributed by atoms with van der Waals surface area (Å²) in [6.45, 7) is 6.10. The van der Waals surface area contributed by atoms with Crippen LogP contribution in [0.1, 0.15) is 33.6 Å². The molecule has 0 spiro atoms. The molecule has 0 unspecified atom stereocenters. The Hall–Kier alpha value is -0.770. The van der Waals surface area contributed by atoms with Crippen LogP contribution in [-0.4, -0.2) is 29.4 Å². The van der Waals surface area contributed by atoms with Crippen LogP contribution in [0, 0.1) is 5.92 Å². The summed E-state index contributed by atoms with van der Waals surface area (Å²) < 4.78 is 5.07. The highest BCUT2D eigenvalue weighted by Crippen LogP contribution is 2.26. The van der Waals surface area contributed by atoms with E-state index in [-0.39, 0.29) is 12.2 Å². The molecule has 1 amide bonds. The molecule has 0 aliphatic heterocycles. The molecule has 0 aromatic rings. The molecule has 1 aliphatic carbocycles. The van der Waals surface area contributed by atoms with E-state index in [1.54, 1.807) is 0 Å². The first-order chi connectivity index (χ1) is 6.37. The largest absolute Gasteiger partial charge is 0.444 e. The number of carbonyl (C=O) groups is 1. The van der Waals surface area contributed by atoms with Crippen molar-refractivity contribution in [3.63, 3.8) is 0 Å². The lowest BCUT2D eigenvalue weighted by molar-refractivity contribution is 0.0319. The first-order valence-electron chi connectivity index (χ1n) is 5.02. The van der Waals surface area contributed by atoms with E-state index in [4.69, 9.17) is 9.84 Å². The standard InChI is InChI=1S/C10H19NO3/c1-10(2,3)14-9(13)11-6-7-4-8(12)5-7/h7-8,12H,4-6H2,1-3H3,(H,11,13)/t7-,8+. The lowest BCUT2D eigenvalue weighted by Gasteiger charge is -2.31. The van der Waals surface area contributed by atoms with Crippen molar-refractivity contribution in [3.05, 3.63) is 0 Å². The van der Waals surface area contributed by atoms with Gasteiger partial charge in [-0.3, -0.25) is 0 Å². The zero-order valence-electron chi connectivity index (χ0n) is 9.04. The Balaban J connectivity index is 2.10. The van der Waals surface area contributed by atoms with Crippen LogP contribution in [0.4, 0.5) is 4.79 Å². The average molecular weight is 201 g/mol. The third-order valence-electron chi connectivity index (χ3n) is 2.14. The summed E-state index contributed by atoms with van der Waals surface area (Å²) in [6, 6.07) is 0. The molecule has 0 aromatic heterocycles. The van der Waals surface area contributed by atoms with Gasteiger partial charge < -0.3 is 15.2 Å². The van der Waals surface area contributed by atoms with Gasteiger partial charge in [-0.1, -0.05) is 0 Å². The van der Waals surface area contributed by atoms with Crippen molar-refractivity contribution in [2.75, 3.05) is 6.54 Å². The molecule has 0 bridgehead atoms. The van der Waals surface area contributed by atoms with Crippen LogP contribution in [0.25, 0.3) is 0 Å². The molecule has 0 saturated heterocycles. The number of alkyl carbamates (subject to hydrolysis) is 1. The van der Waals surface area contributed by atoms with Gasteiger partial charge in [0.2, 0.25) is 0 Å². The number of rotatable bonds is 2. The monoisotopic (exact) mass is 201 g/mol. The predicted molar refractivity (Wildman–Crippen MR) is 53.0 cm³/mol. The Bertz CT molecular complexity index is 204. The Labute approximate surface area is 84.6 Å². The molecule has 4 heteroatoms. The fraction of sp³-hybridized carbons (Fsp3) is 0.900. The van der Waals surface area contributed by atoms with E-state index < -0.39 is 5.60 Å². The summed E-state index contributed by atoms with van der Waals surface area (Å²) in [5.74, 6) is 0.414. The van der Waals surface area contributed by atoms with E-state index in [1.807, 2.05) is 20.8 Å². The average Bonchev–Trinajstić information content (AvgIpc) is 1.92. The Morgan fingerprint density at radius 1 is 1.50 bits per heavy atom. The van der Waals surface area contributed by atoms with Crippen molar-refractivity contribution < 1.29 is 14.6 Å². The van der Waals surface area contributed by atoms with Gasteiger partial charge in [-0.2, -0.15) is 0 Å². The van der Waals surface area contributed by atoms with E-state index in [9.17, 15) is 4.79 Å². The van der Waals surface area contributed by atoms with Crippen molar-refractivity contribution in [1.29, 1.82) is 0 Å². The highest BCUT2D eigenvalue weighted by Gasteiger charge is 2.27. The summed E-state index contributed by atoms with van der Waals surface area (Å²) in [7, 11) is 0. The number of aliphatic hydroxyl groups is 1. The smallest absolute Gasteiger partial charge is 0.407 e. The molecule has 0 aromatic carbocycles. The fourth-order valence-corrected chi connectivity index (χ4v) is 1.41. The van der Waals surface area contributed by atoms with E-state index >= 15 is 0 Å². The Morgan fingerprint density at radius 2 is 2.07 bits per heavy atom. The summed E-state index contributed by atoms with van der Waals surface area (Å²) in [5, 5.41) is 11.7. The fourth-order valence-electron chi connectivity index (χ4n) is 1.41. The van der Waals surface area contributed by atoms with Gasteiger partial charge in [0.25, 0.3) is 0 Å². The molecular weight excluding hydrogens is 182 g/mol. The van der Waals surface area contributed by atoms with Crippen molar-refractivity contribution in [2.45, 2.75) is 45.3 Å². The maximum atomic E-state index is 11.2. The first kappa shape index (κ1) is 11.3. The summed E-state index contributed by atoms with van der Waals surface area (Å²) in [6.07, 6.45) is 1.03. The number of amides is 1. The Morgan fingerprint density at radius 3 is 2.50 bits per heavy atom. The summed E-state index contributed by atoms with van der Waals surface area (Å²) in [5.41, 5.74) is -0.441. The second-order valence-corrected chi connectivity index (χ2v) is 4.87. The molecular formula is C10H19NO3. The molecule has 0 atom stereocenters. The van der Waals surface area contributed by atoms with Gasteiger partial charge in [0, 0.05) is 6.54 Å². The minimum Gasteiger partial charge on any atom is -0.444 e. The first-order valence-corrected chi connectivity index (χ1v) is 5.02. The van der Waals surface area contributed by atoms with Gasteiger partial charge in [0.1, 0.15) is 5.60 Å². The zero-order chi connectivity index (χ0) is 10.8. The number of hydrogen-bond donors (Lipinski definition) is 2. The second kappa shape index (κ2) is 4.17. The molecule has 1 fully saturated rings. The molecule has 1 saturated carbocycles. The van der Waals surface area contributed by atoms with Crippen LogP contribution in [0.15, 0.2) is 0 Å². The molecule has 2 N–H and O–H groups in total. The summed E-state index contributed by atoms with van der Waals surface area (Å²) >= 11 is 0. The molecule has 82 valence electrons. The number of aliphatic hydroxyl groups excluding tert-OH is 1. The Kier molecular flexibility index (Phi) is 3.37. The van der Waals surface area contributed by atoms with Gasteiger partial charge in [-0.05, 0) is 39.5 Å². The maximum Gasteiger partial charge on any atom is 0.407 e. The highest BCUT2D eigenvalue weighted by molar-refractivity contribution is 5.67. The normalized spacial score (nSPS) is 26.6. The van der Waals surface area contributed by atoms with Crippen molar-refractivity contribution in [1.82, 2.24) is 5.32 Å². The van der Waals surface area contributed by atoms with Gasteiger partial charge in [0.15, 0.2) is 0 Å². The van der Waals surface area contributed by atoms with Crippen LogP contribution in [0.5, 0.6) is 0 Å². The summed E-state index contributed by atoms with van der Waals surface area (Å²) in [4.78, 5) is 11.2. The molecule has 0 radical (unpaired) electrons. The third kappa shape index (κ3) is 3.96. The maximum absolute atomic E-state index is 11.2. The lowest BCUT2D eigenvalue weighted by atomic mass is 9.82. The van der Waals surface area contributed by atoms with E-state index in [1.165, 1.54) is 0 Å². The van der Waals surface area contributed by atoms with Crippen LogP contribution < -0.4 is 5.32 Å². The second-order valence-electron chi connectivity index (χ2n) is 4.87. The molecule has 4 nitrogen and oxygen atoms in total. The van der Waals surface area contributed by atoms with Gasteiger partial charge in [0.05, 0.1) is 6.10 Å². The van der Waals surface area contributed by atoms with Crippen LogP contribution >= 0.6 is 0 Å². The number of ether oxygens (including phenoxy) is 1. The lowest BCUT2D eigenvalue weighted by Crippen LogP contribution is -2.40. The van der Waals surface area contributed by atoms with Gasteiger partial charge >= 0.3 is 6.09 Å². The third-order valence-corrected chi connectivity index (χ3v) is 2.14. The van der Waals surface area contributed by atoms with Crippen LogP contribution in [0.3, 0.4) is 0 Å². The number of nitrogens with one attached hydrogen (secondary N) is 1. The van der Waals surface area contributed by atoms with E-state index in [2.05, 4.69) is 5.32 Å². The van der Waals surface area contributed by atoms with Crippen molar-refractivity contribution >= 4 is 6.09 Å².